The van der Waals surface area contributed by atoms with E-state index in [-0.39, 0.29) is 32.2 Å². The molecule has 0 radical (unpaired) electrons. The van der Waals surface area contributed by atoms with Crippen LogP contribution in [-0.2, 0) is 33.3 Å². The van der Waals surface area contributed by atoms with Gasteiger partial charge in [-0.3, -0.25) is 9.59 Å². The van der Waals surface area contributed by atoms with E-state index in [0.29, 0.717) is 23.9 Å². The van der Waals surface area contributed by atoms with Crippen LogP contribution < -0.4 is 5.11 Å². The number of unbranched alkanes of at least 4 members (excludes halogenated alkanes) is 52. The van der Waals surface area contributed by atoms with E-state index in [1.165, 1.54) is 315 Å². The first-order chi connectivity index (χ1) is 40.1. The number of allylic oxidation sites excluding steroid dienone is 2. The fourth-order valence-corrected chi connectivity index (χ4v) is 11.2. The van der Waals surface area contributed by atoms with Gasteiger partial charge in [-0.1, -0.05) is 341 Å². The lowest BCUT2D eigenvalue weighted by atomic mass is 10.0. The molecule has 0 aromatic rings. The van der Waals surface area contributed by atoms with Crippen LogP contribution in [0.4, 0.5) is 0 Å². The number of ether oxygens (including phenoxy) is 4. The number of quaternary nitrogens is 1. The van der Waals surface area contributed by atoms with Crippen molar-refractivity contribution in [3.05, 3.63) is 12.2 Å². The van der Waals surface area contributed by atoms with Gasteiger partial charge in [0.15, 0.2) is 12.4 Å². The van der Waals surface area contributed by atoms with Gasteiger partial charge >= 0.3 is 11.9 Å². The maximum Gasteiger partial charge on any atom is 0.306 e. The van der Waals surface area contributed by atoms with Crippen LogP contribution >= 0.6 is 0 Å². The highest BCUT2D eigenvalue weighted by Crippen LogP contribution is 2.19. The van der Waals surface area contributed by atoms with Gasteiger partial charge in [0.05, 0.1) is 40.3 Å². The van der Waals surface area contributed by atoms with Crippen LogP contribution in [0.1, 0.15) is 380 Å². The first-order valence-electron chi connectivity index (χ1n) is 36.3. The number of likely N-dealkylation sites (N-methyl/N-ethyl adjacent to an activating group) is 1. The molecule has 0 saturated heterocycles. The highest BCUT2D eigenvalue weighted by molar-refractivity contribution is 5.70. The monoisotopic (exact) mass is 1160 g/mol. The summed E-state index contributed by atoms with van der Waals surface area (Å²) in [6.07, 6.45) is 76.1. The summed E-state index contributed by atoms with van der Waals surface area (Å²) in [6, 6.07) is 0. The van der Waals surface area contributed by atoms with Crippen LogP contribution in [0, 0.1) is 0 Å². The normalized spacial score (nSPS) is 12.6. The van der Waals surface area contributed by atoms with E-state index in [0.717, 1.165) is 32.1 Å². The molecular weight excluding hydrogens is 1020 g/mol. The summed E-state index contributed by atoms with van der Waals surface area (Å²) in [5.41, 5.74) is 0. The summed E-state index contributed by atoms with van der Waals surface area (Å²) in [5, 5.41) is 11.8. The topological polar surface area (TPSA) is 111 Å². The Morgan fingerprint density at radius 2 is 0.622 bits per heavy atom. The van der Waals surface area contributed by atoms with E-state index >= 15 is 0 Å². The van der Waals surface area contributed by atoms with E-state index in [2.05, 4.69) is 26.0 Å². The average Bonchev–Trinajstić information content (AvgIpc) is 3.47. The van der Waals surface area contributed by atoms with Crippen molar-refractivity contribution in [2.45, 2.75) is 392 Å². The van der Waals surface area contributed by atoms with E-state index in [4.69, 9.17) is 18.9 Å². The fraction of sp³-hybridized carbons (Fsp3) is 0.932. The highest BCUT2D eigenvalue weighted by atomic mass is 16.7. The van der Waals surface area contributed by atoms with Gasteiger partial charge in [0.1, 0.15) is 13.2 Å². The summed E-state index contributed by atoms with van der Waals surface area (Å²) < 4.78 is 22.8. The molecule has 0 aliphatic heterocycles. The molecule has 0 aromatic carbocycles. The molecule has 486 valence electrons. The smallest absolute Gasteiger partial charge is 0.306 e. The van der Waals surface area contributed by atoms with Crippen molar-refractivity contribution in [1.82, 2.24) is 0 Å². The third-order valence-corrected chi connectivity index (χ3v) is 16.8. The van der Waals surface area contributed by atoms with Crippen molar-refractivity contribution >= 4 is 17.9 Å². The zero-order valence-corrected chi connectivity index (χ0v) is 55.7. The first kappa shape index (κ1) is 80.0. The Bertz CT molecular complexity index is 1350. The molecule has 9 nitrogen and oxygen atoms in total. The Labute approximate surface area is 510 Å². The van der Waals surface area contributed by atoms with Gasteiger partial charge in [-0.25, -0.2) is 0 Å². The number of nitrogens with zero attached hydrogens (tertiary/aromatic N) is 1. The minimum absolute atomic E-state index is 0.151. The number of hydrogen-bond donors (Lipinski definition) is 0. The van der Waals surface area contributed by atoms with E-state index < -0.39 is 24.3 Å². The third-order valence-electron chi connectivity index (χ3n) is 16.8. The number of carboxylic acids is 1. The molecule has 0 aliphatic carbocycles. The van der Waals surface area contributed by atoms with E-state index in [1.807, 2.05) is 21.1 Å². The predicted molar refractivity (Wildman–Crippen MR) is 348 cm³/mol. The van der Waals surface area contributed by atoms with E-state index in [9.17, 15) is 19.5 Å². The van der Waals surface area contributed by atoms with Crippen LogP contribution in [-0.4, -0.2) is 82.3 Å². The van der Waals surface area contributed by atoms with Gasteiger partial charge in [-0.2, -0.15) is 0 Å². The van der Waals surface area contributed by atoms with Crippen LogP contribution in [0.15, 0.2) is 12.2 Å². The lowest BCUT2D eigenvalue weighted by Crippen LogP contribution is -2.44. The fourth-order valence-electron chi connectivity index (χ4n) is 11.2. The molecule has 2 atom stereocenters. The quantitative estimate of drug-likeness (QED) is 0.0195. The molecular formula is C73H141NO8. The Morgan fingerprint density at radius 3 is 0.902 bits per heavy atom. The summed E-state index contributed by atoms with van der Waals surface area (Å²) in [5.74, 6) is -2.25. The van der Waals surface area contributed by atoms with Gasteiger partial charge in [-0.05, 0) is 38.5 Å². The molecule has 0 aliphatic rings. The van der Waals surface area contributed by atoms with Crippen LogP contribution in [0.25, 0.3) is 0 Å². The standard InChI is InChI=1S/C73H141NO8/c1-6-8-10-12-14-16-18-20-22-24-26-28-29-30-31-32-33-34-35-36-37-38-39-40-41-42-44-45-47-49-51-53-55-57-59-61-63-70(75)80-67-69(68-81-73(72(77)78)79-66-65-74(3,4)5)82-71(76)64-62-60-58-56-54-52-50-48-46-43-27-25-23-21-19-17-15-13-11-9-7-2/h25,27,69,73H,6-24,26,28-68H2,1-5H3/b27-25-. The molecule has 2 unspecified atom stereocenters. The number of hydrogen-bond acceptors (Lipinski definition) is 8. The molecule has 0 rings (SSSR count). The lowest BCUT2D eigenvalue weighted by molar-refractivity contribution is -0.870. The average molecular weight is 1160 g/mol. The SMILES string of the molecule is CCCCCCCCCC/C=C\CCCCCCCCCCCC(=O)OC(COC(=O)CCCCCCCCCCCCCCCCCCCCCCCCCCCCCCCCCCCCCC)COC(OCC[N+](C)(C)C)C(=O)[O-]. The third kappa shape index (κ3) is 65.6. The minimum Gasteiger partial charge on any atom is -0.545 e. The molecule has 0 bridgehead atoms. The maximum absolute atomic E-state index is 12.9. The highest BCUT2D eigenvalue weighted by Gasteiger charge is 2.22. The zero-order valence-electron chi connectivity index (χ0n) is 55.7. The molecule has 0 N–H and O–H groups in total. The molecule has 9 heteroatoms. The van der Waals surface area contributed by atoms with Crippen molar-refractivity contribution in [3.8, 4) is 0 Å². The van der Waals surface area contributed by atoms with E-state index in [1.54, 1.807) is 0 Å². The molecule has 0 heterocycles. The lowest BCUT2D eigenvalue weighted by Gasteiger charge is -2.26. The van der Waals surface area contributed by atoms with Gasteiger partial charge in [0.25, 0.3) is 0 Å². The van der Waals surface area contributed by atoms with Gasteiger partial charge in [0, 0.05) is 12.8 Å². The number of carbonyl (C=O) groups excluding carboxylic acids is 3. The number of aliphatic carboxylic acids is 1. The van der Waals surface area contributed by atoms with Crippen molar-refractivity contribution in [1.29, 1.82) is 0 Å². The predicted octanol–water partition coefficient (Wildman–Crippen LogP) is 21.1. The summed E-state index contributed by atoms with van der Waals surface area (Å²) in [7, 11) is 5.94. The molecule has 82 heavy (non-hydrogen) atoms. The number of esters is 2. The van der Waals surface area contributed by atoms with Gasteiger partial charge < -0.3 is 33.3 Å². The minimum atomic E-state index is -1.62. The molecule has 0 saturated carbocycles. The summed E-state index contributed by atoms with van der Waals surface area (Å²) in [6.45, 7) is 4.82. The molecule has 0 spiro atoms. The molecule has 0 aromatic heterocycles. The molecule has 0 amide bonds. The maximum atomic E-state index is 12.9. The van der Waals surface area contributed by atoms with Crippen LogP contribution in [0.5, 0.6) is 0 Å². The Kier molecular flexibility index (Phi) is 63.5. The second-order valence-corrected chi connectivity index (χ2v) is 26.2. The van der Waals surface area contributed by atoms with Gasteiger partial charge in [0.2, 0.25) is 0 Å². The Hall–Kier alpha value is -1.97. The van der Waals surface area contributed by atoms with Crippen molar-refractivity contribution in [3.63, 3.8) is 0 Å². The number of rotatable bonds is 69. The van der Waals surface area contributed by atoms with Crippen molar-refractivity contribution in [2.24, 2.45) is 0 Å². The Morgan fingerprint density at radius 1 is 0.354 bits per heavy atom. The van der Waals surface area contributed by atoms with Gasteiger partial charge in [-0.15, -0.1) is 0 Å². The first-order valence-corrected chi connectivity index (χ1v) is 36.3. The second kappa shape index (κ2) is 65.0. The van der Waals surface area contributed by atoms with Crippen molar-refractivity contribution in [2.75, 3.05) is 47.5 Å². The van der Waals surface area contributed by atoms with Crippen LogP contribution in [0.2, 0.25) is 0 Å². The summed E-state index contributed by atoms with van der Waals surface area (Å²) >= 11 is 0. The largest absolute Gasteiger partial charge is 0.545 e. The summed E-state index contributed by atoms with van der Waals surface area (Å²) in [4.78, 5) is 37.5. The van der Waals surface area contributed by atoms with Crippen molar-refractivity contribution < 1.29 is 42.9 Å². The Balaban J connectivity index is 3.96. The molecule has 0 fully saturated rings. The zero-order chi connectivity index (χ0) is 59.8. The second-order valence-electron chi connectivity index (χ2n) is 26.2. The number of carbonyl (C=O) groups is 3. The van der Waals surface area contributed by atoms with Crippen LogP contribution in [0.3, 0.4) is 0 Å². The number of carboxylic acid groups (broad SMARTS) is 1.